The Bertz CT molecular complexity index is 613. The van der Waals surface area contributed by atoms with E-state index in [2.05, 4.69) is 10.2 Å². The normalized spacial score (nSPS) is 12.4. The third kappa shape index (κ3) is 3.20. The molecule has 0 spiro atoms. The number of aliphatic hydroxyl groups is 1. The quantitative estimate of drug-likeness (QED) is 0.932. The number of rotatable bonds is 4. The van der Waals surface area contributed by atoms with Crippen molar-refractivity contribution in [2.45, 2.75) is 39.7 Å². The zero-order chi connectivity index (χ0) is 14.7. The largest absolute Gasteiger partial charge is 0.388 e. The summed E-state index contributed by atoms with van der Waals surface area (Å²) in [5.74, 6) is -0.253. The van der Waals surface area contributed by atoms with Gasteiger partial charge in [0.2, 0.25) is 0 Å². The van der Waals surface area contributed by atoms with Crippen LogP contribution in [0, 0.1) is 19.7 Å². The second-order valence-corrected chi connectivity index (χ2v) is 5.03. The van der Waals surface area contributed by atoms with Crippen molar-refractivity contribution >= 4 is 0 Å². The maximum Gasteiger partial charge on any atom is 0.123 e. The Hall–Kier alpha value is -1.81. The monoisotopic (exact) mass is 274 g/mol. The summed E-state index contributed by atoms with van der Waals surface area (Å²) < 4.78 is 13.1. The Morgan fingerprint density at radius 3 is 2.60 bits per heavy atom. The molecule has 20 heavy (non-hydrogen) atoms. The van der Waals surface area contributed by atoms with Gasteiger partial charge in [0.25, 0.3) is 0 Å². The van der Waals surface area contributed by atoms with Crippen molar-refractivity contribution in [3.05, 3.63) is 58.2 Å². The van der Waals surface area contributed by atoms with Crippen LogP contribution in [0.5, 0.6) is 0 Å². The van der Waals surface area contributed by atoms with Crippen LogP contribution < -0.4 is 0 Å². The van der Waals surface area contributed by atoms with Crippen molar-refractivity contribution in [3.63, 3.8) is 0 Å². The lowest BCUT2D eigenvalue weighted by Crippen LogP contribution is -2.09. The van der Waals surface area contributed by atoms with Crippen LogP contribution in [-0.2, 0) is 12.8 Å². The summed E-state index contributed by atoms with van der Waals surface area (Å²) in [6.45, 7) is 5.69. The minimum absolute atomic E-state index is 0.253. The highest BCUT2D eigenvalue weighted by Crippen LogP contribution is 2.23. The Balaban J connectivity index is 2.27. The average Bonchev–Trinajstić information content (AvgIpc) is 2.41. The molecule has 1 aromatic heterocycles. The van der Waals surface area contributed by atoms with Crippen molar-refractivity contribution in [1.29, 1.82) is 0 Å². The summed E-state index contributed by atoms with van der Waals surface area (Å²) in [6, 6.07) is 6.50. The lowest BCUT2D eigenvalue weighted by atomic mass is 9.96. The first-order valence-corrected chi connectivity index (χ1v) is 6.77. The molecule has 0 aliphatic carbocycles. The molecule has 0 saturated heterocycles. The fourth-order valence-electron chi connectivity index (χ4n) is 2.30. The SMILES string of the molecule is CCc1nnc(C)cc1C(O)Cc1ccc(F)cc1C. The molecular weight excluding hydrogens is 255 g/mol. The van der Waals surface area contributed by atoms with Gasteiger partial charge >= 0.3 is 0 Å². The topological polar surface area (TPSA) is 46.0 Å². The highest BCUT2D eigenvalue weighted by atomic mass is 19.1. The van der Waals surface area contributed by atoms with E-state index in [0.29, 0.717) is 6.42 Å². The maximum atomic E-state index is 13.1. The van der Waals surface area contributed by atoms with Crippen LogP contribution in [0.15, 0.2) is 24.3 Å². The van der Waals surface area contributed by atoms with Gasteiger partial charge in [0.1, 0.15) is 5.82 Å². The molecule has 0 saturated carbocycles. The van der Waals surface area contributed by atoms with E-state index in [0.717, 1.165) is 34.5 Å². The van der Waals surface area contributed by atoms with Gasteiger partial charge in [-0.1, -0.05) is 13.0 Å². The van der Waals surface area contributed by atoms with E-state index in [1.165, 1.54) is 12.1 Å². The molecule has 1 heterocycles. The van der Waals surface area contributed by atoms with Crippen molar-refractivity contribution < 1.29 is 9.50 Å². The predicted molar refractivity (Wildman–Crippen MR) is 75.9 cm³/mol. The van der Waals surface area contributed by atoms with Gasteiger partial charge in [0, 0.05) is 12.0 Å². The molecule has 1 N–H and O–H groups in total. The van der Waals surface area contributed by atoms with E-state index >= 15 is 0 Å². The second kappa shape index (κ2) is 6.09. The molecule has 2 aromatic rings. The number of hydrogen-bond acceptors (Lipinski definition) is 3. The Kier molecular flexibility index (Phi) is 4.45. The van der Waals surface area contributed by atoms with Gasteiger partial charge in [-0.25, -0.2) is 4.39 Å². The van der Waals surface area contributed by atoms with Gasteiger partial charge in [0.15, 0.2) is 0 Å². The number of hydrogen-bond donors (Lipinski definition) is 1. The van der Waals surface area contributed by atoms with Gasteiger partial charge in [-0.15, -0.1) is 0 Å². The van der Waals surface area contributed by atoms with E-state index in [9.17, 15) is 9.50 Å². The van der Waals surface area contributed by atoms with Crippen LogP contribution in [0.2, 0.25) is 0 Å². The molecule has 3 nitrogen and oxygen atoms in total. The average molecular weight is 274 g/mol. The molecule has 1 aromatic carbocycles. The summed E-state index contributed by atoms with van der Waals surface area (Å²) in [5.41, 5.74) is 4.19. The maximum absolute atomic E-state index is 13.1. The molecule has 0 aliphatic rings. The fourth-order valence-corrected chi connectivity index (χ4v) is 2.30. The van der Waals surface area contributed by atoms with Gasteiger partial charge in [0.05, 0.1) is 17.5 Å². The number of halogens is 1. The molecule has 2 rings (SSSR count). The standard InChI is InChI=1S/C16H19FN2O/c1-4-15-14(8-11(3)18-19-15)16(20)9-12-5-6-13(17)7-10(12)2/h5-8,16,20H,4,9H2,1-3H3. The first-order chi connectivity index (χ1) is 9.51. The molecule has 4 heteroatoms. The molecule has 0 amide bonds. The Morgan fingerprint density at radius 2 is 1.95 bits per heavy atom. The highest BCUT2D eigenvalue weighted by Gasteiger charge is 2.15. The van der Waals surface area contributed by atoms with E-state index in [1.807, 2.05) is 26.8 Å². The van der Waals surface area contributed by atoms with Crippen LogP contribution in [-0.4, -0.2) is 15.3 Å². The first kappa shape index (κ1) is 14.6. The van der Waals surface area contributed by atoms with Crippen LogP contribution in [0.25, 0.3) is 0 Å². The molecular formula is C16H19FN2O. The minimum Gasteiger partial charge on any atom is -0.388 e. The number of aliphatic hydroxyl groups excluding tert-OH is 1. The van der Waals surface area contributed by atoms with E-state index in [1.54, 1.807) is 6.07 Å². The summed E-state index contributed by atoms with van der Waals surface area (Å²) in [5, 5.41) is 18.6. The number of aryl methyl sites for hydroxylation is 3. The number of nitrogens with zero attached hydrogens (tertiary/aromatic N) is 2. The molecule has 0 fully saturated rings. The van der Waals surface area contributed by atoms with Crippen LogP contribution >= 0.6 is 0 Å². The highest BCUT2D eigenvalue weighted by molar-refractivity contribution is 5.30. The zero-order valence-electron chi connectivity index (χ0n) is 12.0. The molecule has 1 unspecified atom stereocenters. The summed E-state index contributed by atoms with van der Waals surface area (Å²) in [6.07, 6.45) is 0.523. The lowest BCUT2D eigenvalue weighted by Gasteiger charge is -2.15. The Morgan fingerprint density at radius 1 is 1.20 bits per heavy atom. The van der Waals surface area contributed by atoms with Crippen LogP contribution in [0.1, 0.15) is 41.1 Å². The van der Waals surface area contributed by atoms with E-state index in [4.69, 9.17) is 0 Å². The third-order valence-electron chi connectivity index (χ3n) is 3.44. The summed E-state index contributed by atoms with van der Waals surface area (Å²) in [7, 11) is 0. The molecule has 106 valence electrons. The van der Waals surface area contributed by atoms with Crippen molar-refractivity contribution in [2.75, 3.05) is 0 Å². The van der Waals surface area contributed by atoms with Crippen molar-refractivity contribution in [1.82, 2.24) is 10.2 Å². The van der Waals surface area contributed by atoms with Gasteiger partial charge < -0.3 is 5.11 Å². The first-order valence-electron chi connectivity index (χ1n) is 6.77. The van der Waals surface area contributed by atoms with Crippen LogP contribution in [0.3, 0.4) is 0 Å². The fraction of sp³-hybridized carbons (Fsp3) is 0.375. The van der Waals surface area contributed by atoms with Crippen LogP contribution in [0.4, 0.5) is 4.39 Å². The van der Waals surface area contributed by atoms with Crippen molar-refractivity contribution in [3.8, 4) is 0 Å². The summed E-state index contributed by atoms with van der Waals surface area (Å²) in [4.78, 5) is 0. The van der Waals surface area contributed by atoms with Crippen molar-refractivity contribution in [2.24, 2.45) is 0 Å². The Labute approximate surface area is 118 Å². The van der Waals surface area contributed by atoms with Gasteiger partial charge in [-0.05, 0) is 49.6 Å². The smallest absolute Gasteiger partial charge is 0.123 e. The van der Waals surface area contributed by atoms with E-state index < -0.39 is 6.10 Å². The molecule has 0 radical (unpaired) electrons. The summed E-state index contributed by atoms with van der Waals surface area (Å²) >= 11 is 0. The van der Waals surface area contributed by atoms with Gasteiger partial charge in [-0.3, -0.25) is 0 Å². The predicted octanol–water partition coefficient (Wildman–Crippen LogP) is 3.07. The number of aromatic nitrogens is 2. The minimum atomic E-state index is -0.650. The third-order valence-corrected chi connectivity index (χ3v) is 3.44. The number of benzene rings is 1. The zero-order valence-corrected chi connectivity index (χ0v) is 12.0. The van der Waals surface area contributed by atoms with E-state index in [-0.39, 0.29) is 5.82 Å². The molecule has 1 atom stereocenters. The van der Waals surface area contributed by atoms with Gasteiger partial charge in [-0.2, -0.15) is 10.2 Å². The lowest BCUT2D eigenvalue weighted by molar-refractivity contribution is 0.176. The molecule has 0 bridgehead atoms. The molecule has 0 aliphatic heterocycles. The second-order valence-electron chi connectivity index (χ2n) is 5.03.